The van der Waals surface area contributed by atoms with Gasteiger partial charge in [0.05, 0.1) is 20.3 Å². The highest BCUT2D eigenvalue weighted by atomic mass is 16.5. The lowest BCUT2D eigenvalue weighted by Gasteiger charge is -2.40. The van der Waals surface area contributed by atoms with Gasteiger partial charge in [-0.05, 0) is 43.9 Å². The number of nitrogens with zero attached hydrogens (tertiary/aromatic N) is 3. The van der Waals surface area contributed by atoms with E-state index in [0.717, 1.165) is 71.6 Å². The highest BCUT2D eigenvalue weighted by Crippen LogP contribution is 2.33. The third kappa shape index (κ3) is 5.13. The van der Waals surface area contributed by atoms with Crippen LogP contribution in [0, 0.1) is 5.92 Å². The molecule has 0 bridgehead atoms. The Hall–Kier alpha value is -2.12. The lowest BCUT2D eigenvalue weighted by atomic mass is 10.0. The first-order valence-corrected chi connectivity index (χ1v) is 11.2. The Bertz CT molecular complexity index is 746. The Kier molecular flexibility index (Phi) is 6.89. The summed E-state index contributed by atoms with van der Waals surface area (Å²) in [5.41, 5.74) is 0.642. The van der Waals surface area contributed by atoms with Crippen molar-refractivity contribution in [3.05, 3.63) is 29.8 Å². The standard InChI is InChI=1S/C23H33N3O4/c1-29-21-6-2-4-19(16-21)22(27)25-9-3-5-20(17-25)26(23(28)18-7-8-18)11-10-24-12-14-30-15-13-24/h2,4,6,16,18,20H,3,5,7-15,17H2,1H3. The van der Waals surface area contributed by atoms with Gasteiger partial charge in [-0.3, -0.25) is 14.5 Å². The summed E-state index contributed by atoms with van der Waals surface area (Å²) < 4.78 is 10.7. The van der Waals surface area contributed by atoms with Crippen molar-refractivity contribution in [3.63, 3.8) is 0 Å². The van der Waals surface area contributed by atoms with Crippen molar-refractivity contribution in [2.24, 2.45) is 5.92 Å². The molecule has 1 saturated carbocycles. The molecular formula is C23H33N3O4. The van der Waals surface area contributed by atoms with Crippen molar-refractivity contribution < 1.29 is 19.1 Å². The minimum absolute atomic E-state index is 0.0191. The van der Waals surface area contributed by atoms with Crippen molar-refractivity contribution in [3.8, 4) is 5.75 Å². The third-order valence-electron chi connectivity index (χ3n) is 6.41. The molecule has 2 saturated heterocycles. The number of morpholine rings is 1. The molecule has 0 aromatic heterocycles. The third-order valence-corrected chi connectivity index (χ3v) is 6.41. The Balaban J connectivity index is 1.42. The van der Waals surface area contributed by atoms with Crippen molar-refractivity contribution >= 4 is 11.8 Å². The van der Waals surface area contributed by atoms with Gasteiger partial charge in [0, 0.05) is 56.8 Å². The fourth-order valence-electron chi connectivity index (χ4n) is 4.44. The van der Waals surface area contributed by atoms with Gasteiger partial charge < -0.3 is 19.3 Å². The van der Waals surface area contributed by atoms with Crippen LogP contribution in [0.25, 0.3) is 0 Å². The quantitative estimate of drug-likeness (QED) is 0.680. The average Bonchev–Trinajstić information content (AvgIpc) is 3.65. The van der Waals surface area contributed by atoms with E-state index in [9.17, 15) is 9.59 Å². The zero-order valence-electron chi connectivity index (χ0n) is 17.9. The molecule has 4 rings (SSSR count). The molecule has 0 N–H and O–H groups in total. The van der Waals surface area contributed by atoms with Crippen LogP contribution in [-0.4, -0.2) is 92.1 Å². The molecule has 2 amide bonds. The van der Waals surface area contributed by atoms with Crippen LogP contribution in [0.15, 0.2) is 24.3 Å². The van der Waals surface area contributed by atoms with Crippen LogP contribution < -0.4 is 4.74 Å². The number of carbonyl (C=O) groups excluding carboxylic acids is 2. The second kappa shape index (κ2) is 9.79. The first kappa shape index (κ1) is 21.1. The van der Waals surface area contributed by atoms with Crippen LogP contribution >= 0.6 is 0 Å². The molecule has 3 aliphatic rings. The predicted molar refractivity (Wildman–Crippen MR) is 114 cm³/mol. The minimum atomic E-state index is 0.0191. The molecule has 2 aliphatic heterocycles. The second-order valence-electron chi connectivity index (χ2n) is 8.54. The minimum Gasteiger partial charge on any atom is -0.497 e. The molecule has 1 unspecified atom stereocenters. The summed E-state index contributed by atoms with van der Waals surface area (Å²) in [6, 6.07) is 7.41. The Morgan fingerprint density at radius 3 is 2.70 bits per heavy atom. The van der Waals surface area contributed by atoms with Gasteiger partial charge in [-0.1, -0.05) is 6.07 Å². The van der Waals surface area contributed by atoms with E-state index in [1.807, 2.05) is 23.1 Å². The largest absolute Gasteiger partial charge is 0.497 e. The van der Waals surface area contributed by atoms with Crippen LogP contribution in [-0.2, 0) is 9.53 Å². The summed E-state index contributed by atoms with van der Waals surface area (Å²) in [6.45, 7) is 6.35. The van der Waals surface area contributed by atoms with Crippen LogP contribution in [0.5, 0.6) is 5.75 Å². The second-order valence-corrected chi connectivity index (χ2v) is 8.54. The number of methoxy groups -OCH3 is 1. The molecule has 30 heavy (non-hydrogen) atoms. The van der Waals surface area contributed by atoms with Crippen LogP contribution in [0.3, 0.4) is 0 Å². The SMILES string of the molecule is COc1cccc(C(=O)N2CCCC(N(CCN3CCOCC3)C(=O)C3CC3)C2)c1. The van der Waals surface area contributed by atoms with Crippen LogP contribution in [0.2, 0.25) is 0 Å². The number of ether oxygens (including phenoxy) is 2. The molecule has 164 valence electrons. The summed E-state index contributed by atoms with van der Waals surface area (Å²) in [5, 5.41) is 0. The maximum absolute atomic E-state index is 13.1. The fraction of sp³-hybridized carbons (Fsp3) is 0.652. The lowest BCUT2D eigenvalue weighted by molar-refractivity contribution is -0.136. The number of amides is 2. The number of hydrogen-bond donors (Lipinski definition) is 0. The molecule has 1 atom stereocenters. The average molecular weight is 416 g/mol. The van der Waals surface area contributed by atoms with Gasteiger partial charge in [-0.2, -0.15) is 0 Å². The maximum Gasteiger partial charge on any atom is 0.254 e. The van der Waals surface area contributed by atoms with E-state index in [-0.39, 0.29) is 23.8 Å². The van der Waals surface area contributed by atoms with Gasteiger partial charge in [0.15, 0.2) is 0 Å². The van der Waals surface area contributed by atoms with Gasteiger partial charge in [-0.25, -0.2) is 0 Å². The number of benzene rings is 1. The maximum atomic E-state index is 13.1. The summed E-state index contributed by atoms with van der Waals surface area (Å²) in [7, 11) is 1.61. The number of hydrogen-bond acceptors (Lipinski definition) is 5. The van der Waals surface area contributed by atoms with Crippen molar-refractivity contribution in [1.82, 2.24) is 14.7 Å². The zero-order chi connectivity index (χ0) is 20.9. The van der Waals surface area contributed by atoms with Gasteiger partial charge in [-0.15, -0.1) is 0 Å². The highest BCUT2D eigenvalue weighted by Gasteiger charge is 2.38. The van der Waals surface area contributed by atoms with Gasteiger partial charge in [0.2, 0.25) is 5.91 Å². The van der Waals surface area contributed by atoms with Crippen LogP contribution in [0.1, 0.15) is 36.0 Å². The van der Waals surface area contributed by atoms with Gasteiger partial charge in [0.1, 0.15) is 5.75 Å². The van der Waals surface area contributed by atoms with E-state index >= 15 is 0 Å². The summed E-state index contributed by atoms with van der Waals surface area (Å²) in [5.74, 6) is 1.18. The van der Waals surface area contributed by atoms with E-state index in [1.54, 1.807) is 13.2 Å². The van der Waals surface area contributed by atoms with Gasteiger partial charge in [0.25, 0.3) is 5.91 Å². The number of rotatable bonds is 7. The summed E-state index contributed by atoms with van der Waals surface area (Å²) in [6.07, 6.45) is 3.90. The molecule has 2 heterocycles. The molecule has 3 fully saturated rings. The molecule has 0 spiro atoms. The number of likely N-dealkylation sites (tertiary alicyclic amines) is 1. The van der Waals surface area contributed by atoms with Crippen molar-refractivity contribution in [1.29, 1.82) is 0 Å². The van der Waals surface area contributed by atoms with E-state index in [2.05, 4.69) is 9.80 Å². The Morgan fingerprint density at radius 2 is 1.97 bits per heavy atom. The highest BCUT2D eigenvalue weighted by molar-refractivity contribution is 5.94. The van der Waals surface area contributed by atoms with Crippen LogP contribution in [0.4, 0.5) is 0 Å². The van der Waals surface area contributed by atoms with E-state index < -0.39 is 0 Å². The Labute approximate surface area is 178 Å². The molecule has 7 heteroatoms. The fourth-order valence-corrected chi connectivity index (χ4v) is 4.44. The van der Waals surface area contributed by atoms with Crippen molar-refractivity contribution in [2.75, 3.05) is 59.6 Å². The predicted octanol–water partition coefficient (Wildman–Crippen LogP) is 1.87. The normalized spacial score (nSPS) is 22.6. The molecular weight excluding hydrogens is 382 g/mol. The monoisotopic (exact) mass is 415 g/mol. The number of carbonyl (C=O) groups is 2. The molecule has 7 nitrogen and oxygen atoms in total. The van der Waals surface area contributed by atoms with E-state index in [1.165, 1.54) is 0 Å². The van der Waals surface area contributed by atoms with Crippen molar-refractivity contribution in [2.45, 2.75) is 31.7 Å². The van der Waals surface area contributed by atoms with E-state index in [0.29, 0.717) is 17.9 Å². The summed E-state index contributed by atoms with van der Waals surface area (Å²) >= 11 is 0. The van der Waals surface area contributed by atoms with Gasteiger partial charge >= 0.3 is 0 Å². The molecule has 1 aliphatic carbocycles. The Morgan fingerprint density at radius 1 is 1.17 bits per heavy atom. The first-order chi connectivity index (χ1) is 14.7. The summed E-state index contributed by atoms with van der Waals surface area (Å²) in [4.78, 5) is 32.5. The van der Waals surface area contributed by atoms with E-state index in [4.69, 9.17) is 9.47 Å². The molecule has 1 aromatic carbocycles. The first-order valence-electron chi connectivity index (χ1n) is 11.2. The smallest absolute Gasteiger partial charge is 0.254 e. The topological polar surface area (TPSA) is 62.3 Å². The number of piperidine rings is 1. The lowest BCUT2D eigenvalue weighted by Crippen LogP contribution is -2.54. The molecule has 1 aromatic rings. The zero-order valence-corrected chi connectivity index (χ0v) is 17.9. The molecule has 0 radical (unpaired) electrons.